The van der Waals surface area contributed by atoms with Gasteiger partial charge >= 0.3 is 0 Å². The Morgan fingerprint density at radius 1 is 1.11 bits per heavy atom. The van der Waals surface area contributed by atoms with Crippen LogP contribution < -0.4 is 21.3 Å². The van der Waals surface area contributed by atoms with E-state index < -0.39 is 0 Å². The van der Waals surface area contributed by atoms with Gasteiger partial charge in [0.05, 0.1) is 17.6 Å². The van der Waals surface area contributed by atoms with E-state index in [1.54, 1.807) is 6.20 Å². The van der Waals surface area contributed by atoms with E-state index in [-0.39, 0.29) is 5.91 Å². The summed E-state index contributed by atoms with van der Waals surface area (Å²) in [5.41, 5.74) is 9.30. The zero-order valence-corrected chi connectivity index (χ0v) is 15.6. The van der Waals surface area contributed by atoms with Gasteiger partial charge in [0.2, 0.25) is 0 Å². The number of rotatable bonds is 4. The number of carbonyl (C=O) groups excluding carboxylic acids is 1. The number of amides is 1. The molecule has 4 N–H and O–H groups in total. The Bertz CT molecular complexity index is 935. The second-order valence-electron chi connectivity index (χ2n) is 6.37. The van der Waals surface area contributed by atoms with Crippen LogP contribution >= 0.6 is 11.3 Å². The molecule has 0 saturated carbocycles. The summed E-state index contributed by atoms with van der Waals surface area (Å²) in [5, 5.41) is 7.12. The molecule has 0 aliphatic carbocycles. The van der Waals surface area contributed by atoms with Crippen molar-refractivity contribution in [3.8, 4) is 11.1 Å². The van der Waals surface area contributed by atoms with Gasteiger partial charge in [0.15, 0.2) is 5.13 Å². The average Bonchev–Trinajstić information content (AvgIpc) is 3.21. The van der Waals surface area contributed by atoms with Gasteiger partial charge in [-0.15, -0.1) is 0 Å². The van der Waals surface area contributed by atoms with Gasteiger partial charge in [-0.1, -0.05) is 47.7 Å². The third-order valence-electron chi connectivity index (χ3n) is 4.51. The highest BCUT2D eigenvalue weighted by Crippen LogP contribution is 2.29. The molecule has 2 aromatic carbocycles. The highest BCUT2D eigenvalue weighted by atomic mass is 32.1. The molecule has 3 aromatic rings. The fourth-order valence-corrected chi connectivity index (χ4v) is 3.89. The number of nitrogen functional groups attached to an aromatic ring is 1. The first kappa shape index (κ1) is 17.5. The topological polar surface area (TPSA) is 83.3 Å². The van der Waals surface area contributed by atoms with Crippen LogP contribution in [0.25, 0.3) is 11.1 Å². The Morgan fingerprint density at radius 3 is 2.67 bits per heavy atom. The summed E-state index contributed by atoms with van der Waals surface area (Å²) >= 11 is 1.41. The number of piperazine rings is 1. The van der Waals surface area contributed by atoms with Crippen molar-refractivity contribution in [2.45, 2.75) is 0 Å². The number of anilines is 3. The van der Waals surface area contributed by atoms with Crippen LogP contribution in [0, 0.1) is 0 Å². The Labute approximate surface area is 162 Å². The number of carbonyl (C=O) groups is 1. The molecule has 1 aromatic heterocycles. The second-order valence-corrected chi connectivity index (χ2v) is 7.38. The summed E-state index contributed by atoms with van der Waals surface area (Å²) in [6.07, 6.45) is 1.63. The molecule has 0 bridgehead atoms. The zero-order valence-electron chi connectivity index (χ0n) is 14.8. The molecule has 0 spiro atoms. The fraction of sp³-hybridized carbons (Fsp3) is 0.200. The highest BCUT2D eigenvalue weighted by Gasteiger charge is 2.17. The summed E-state index contributed by atoms with van der Waals surface area (Å²) < 4.78 is 0. The molecule has 1 fully saturated rings. The van der Waals surface area contributed by atoms with Crippen LogP contribution in [-0.2, 0) is 0 Å². The van der Waals surface area contributed by atoms with E-state index in [0.717, 1.165) is 42.4 Å². The molecular formula is C20H21N5OS. The maximum atomic E-state index is 12.7. The molecule has 0 unspecified atom stereocenters. The predicted molar refractivity (Wildman–Crippen MR) is 111 cm³/mol. The van der Waals surface area contributed by atoms with E-state index in [9.17, 15) is 4.79 Å². The van der Waals surface area contributed by atoms with E-state index in [1.807, 2.05) is 48.5 Å². The first-order valence-corrected chi connectivity index (χ1v) is 9.70. The summed E-state index contributed by atoms with van der Waals surface area (Å²) in [4.78, 5) is 19.9. The van der Waals surface area contributed by atoms with Crippen molar-refractivity contribution in [3.05, 3.63) is 59.6 Å². The molecule has 1 amide bonds. The minimum Gasteiger partial charge on any atom is -0.397 e. The van der Waals surface area contributed by atoms with Gasteiger partial charge in [-0.25, -0.2) is 4.98 Å². The number of thiazole rings is 1. The minimum atomic E-state index is -0.189. The first-order chi connectivity index (χ1) is 13.2. The molecule has 6 nitrogen and oxygen atoms in total. The normalized spacial score (nSPS) is 14.1. The molecule has 4 rings (SSSR count). The van der Waals surface area contributed by atoms with Gasteiger partial charge in [0.1, 0.15) is 4.88 Å². The van der Waals surface area contributed by atoms with Crippen molar-refractivity contribution in [1.82, 2.24) is 10.3 Å². The lowest BCUT2D eigenvalue weighted by Crippen LogP contribution is -2.43. The first-order valence-electron chi connectivity index (χ1n) is 8.88. The van der Waals surface area contributed by atoms with E-state index in [0.29, 0.717) is 16.3 Å². The van der Waals surface area contributed by atoms with Crippen molar-refractivity contribution >= 4 is 33.8 Å². The third kappa shape index (κ3) is 3.94. The van der Waals surface area contributed by atoms with Gasteiger partial charge in [0.25, 0.3) is 5.91 Å². The van der Waals surface area contributed by atoms with Crippen LogP contribution in [0.2, 0.25) is 0 Å². The minimum absolute atomic E-state index is 0.189. The van der Waals surface area contributed by atoms with Gasteiger partial charge in [-0.05, 0) is 23.3 Å². The lowest BCUT2D eigenvalue weighted by Gasteiger charge is -2.26. The van der Waals surface area contributed by atoms with Crippen LogP contribution in [0.3, 0.4) is 0 Å². The molecule has 1 saturated heterocycles. The quantitative estimate of drug-likeness (QED) is 0.607. The monoisotopic (exact) mass is 379 g/mol. The molecule has 1 aliphatic rings. The molecule has 2 heterocycles. The van der Waals surface area contributed by atoms with Crippen molar-refractivity contribution in [1.29, 1.82) is 0 Å². The number of aromatic nitrogens is 1. The van der Waals surface area contributed by atoms with Gasteiger partial charge in [-0.2, -0.15) is 0 Å². The SMILES string of the molecule is Nc1ccc(-c2ccccc2)cc1NC(=O)c1cnc(N2CCNCC2)s1. The summed E-state index contributed by atoms with van der Waals surface area (Å²) in [5.74, 6) is -0.189. The van der Waals surface area contributed by atoms with Crippen molar-refractivity contribution in [3.63, 3.8) is 0 Å². The van der Waals surface area contributed by atoms with E-state index in [1.165, 1.54) is 11.3 Å². The number of nitrogens with one attached hydrogen (secondary N) is 2. The Hall–Kier alpha value is -2.90. The largest absolute Gasteiger partial charge is 0.397 e. The van der Waals surface area contributed by atoms with Crippen molar-refractivity contribution in [2.24, 2.45) is 0 Å². The van der Waals surface area contributed by atoms with Gasteiger partial charge in [-0.3, -0.25) is 4.79 Å². The average molecular weight is 379 g/mol. The van der Waals surface area contributed by atoms with Gasteiger partial charge in [0, 0.05) is 26.2 Å². The van der Waals surface area contributed by atoms with E-state index >= 15 is 0 Å². The predicted octanol–water partition coefficient (Wildman–Crippen LogP) is 3.05. The van der Waals surface area contributed by atoms with Crippen LogP contribution in [-0.4, -0.2) is 37.1 Å². The number of hydrogen-bond acceptors (Lipinski definition) is 6. The summed E-state index contributed by atoms with van der Waals surface area (Å²) in [7, 11) is 0. The van der Waals surface area contributed by atoms with E-state index in [4.69, 9.17) is 5.73 Å². The lowest BCUT2D eigenvalue weighted by atomic mass is 10.0. The highest BCUT2D eigenvalue weighted by molar-refractivity contribution is 7.17. The number of nitrogens with two attached hydrogens (primary N) is 1. The molecule has 0 radical (unpaired) electrons. The van der Waals surface area contributed by atoms with Crippen LogP contribution in [0.5, 0.6) is 0 Å². The molecule has 27 heavy (non-hydrogen) atoms. The van der Waals surface area contributed by atoms with Crippen LogP contribution in [0.4, 0.5) is 16.5 Å². The molecule has 7 heteroatoms. The standard InChI is InChI=1S/C20H21N5OS/c21-16-7-6-15(14-4-2-1-3-5-14)12-17(16)24-19(26)18-13-23-20(27-18)25-10-8-22-9-11-25/h1-7,12-13,22H,8-11,21H2,(H,24,26). The van der Waals surface area contributed by atoms with Crippen LogP contribution in [0.15, 0.2) is 54.7 Å². The summed E-state index contributed by atoms with van der Waals surface area (Å²) in [6, 6.07) is 15.7. The van der Waals surface area contributed by atoms with Crippen molar-refractivity contribution in [2.75, 3.05) is 42.1 Å². The maximum Gasteiger partial charge on any atom is 0.267 e. The molecule has 0 atom stereocenters. The lowest BCUT2D eigenvalue weighted by molar-refractivity contribution is 0.103. The summed E-state index contributed by atoms with van der Waals surface area (Å²) in [6.45, 7) is 3.68. The van der Waals surface area contributed by atoms with E-state index in [2.05, 4.69) is 20.5 Å². The second kappa shape index (κ2) is 7.77. The Morgan fingerprint density at radius 2 is 1.89 bits per heavy atom. The smallest absolute Gasteiger partial charge is 0.267 e. The number of hydrogen-bond donors (Lipinski definition) is 3. The van der Waals surface area contributed by atoms with Crippen molar-refractivity contribution < 1.29 is 4.79 Å². The Kier molecular flexibility index (Phi) is 5.04. The molecular weight excluding hydrogens is 358 g/mol. The van der Waals surface area contributed by atoms with Crippen LogP contribution in [0.1, 0.15) is 9.67 Å². The number of nitrogens with zero attached hydrogens (tertiary/aromatic N) is 2. The Balaban J connectivity index is 1.52. The maximum absolute atomic E-state index is 12.7. The number of benzene rings is 2. The zero-order chi connectivity index (χ0) is 18.6. The third-order valence-corrected chi connectivity index (χ3v) is 5.57. The molecule has 138 valence electrons. The van der Waals surface area contributed by atoms with Gasteiger partial charge < -0.3 is 21.3 Å². The molecule has 1 aliphatic heterocycles. The fourth-order valence-electron chi connectivity index (χ4n) is 3.03.